The number of aromatic nitrogens is 2. The normalized spacial score (nSPS) is 17.1. The number of piperidine rings is 1. The van der Waals surface area contributed by atoms with Crippen molar-refractivity contribution in [1.29, 1.82) is 0 Å². The van der Waals surface area contributed by atoms with Crippen molar-refractivity contribution in [2.24, 2.45) is 10.9 Å². The summed E-state index contributed by atoms with van der Waals surface area (Å²) in [4.78, 5) is 7.48. The van der Waals surface area contributed by atoms with E-state index in [-0.39, 0.29) is 29.5 Å². The van der Waals surface area contributed by atoms with Crippen molar-refractivity contribution in [3.8, 4) is 0 Å². The van der Waals surface area contributed by atoms with Crippen molar-refractivity contribution >= 4 is 29.9 Å². The van der Waals surface area contributed by atoms with Gasteiger partial charge in [-0.3, -0.25) is 14.6 Å². The van der Waals surface area contributed by atoms with Crippen LogP contribution in [-0.2, 0) is 6.54 Å². The minimum Gasteiger partial charge on any atom is -0.357 e. The fourth-order valence-electron chi connectivity index (χ4n) is 3.70. The maximum absolute atomic E-state index is 4.89. The topological polar surface area (TPSA) is 57.5 Å². The van der Waals surface area contributed by atoms with Gasteiger partial charge in [-0.05, 0) is 72.5 Å². The predicted octanol–water partition coefficient (Wildman–Crippen LogP) is 3.57. The number of guanidine groups is 1. The number of nitrogens with one attached hydrogen (secondary N) is 2. The largest absolute Gasteiger partial charge is 0.357 e. The Morgan fingerprint density at radius 3 is 2.46 bits per heavy atom. The Bertz CT molecular complexity index is 604. The third-order valence-electron chi connectivity index (χ3n) is 5.39. The van der Waals surface area contributed by atoms with Crippen LogP contribution < -0.4 is 10.6 Å². The van der Waals surface area contributed by atoms with Crippen molar-refractivity contribution < 1.29 is 0 Å². The summed E-state index contributed by atoms with van der Waals surface area (Å²) in [5.74, 6) is 1.39. The molecule has 0 aromatic carbocycles. The van der Waals surface area contributed by atoms with Gasteiger partial charge >= 0.3 is 0 Å². The van der Waals surface area contributed by atoms with Gasteiger partial charge in [-0.2, -0.15) is 5.10 Å². The van der Waals surface area contributed by atoms with Crippen LogP contribution in [0.15, 0.2) is 11.1 Å². The van der Waals surface area contributed by atoms with Crippen LogP contribution in [0, 0.1) is 19.8 Å². The van der Waals surface area contributed by atoms with Crippen LogP contribution in [-0.4, -0.2) is 58.9 Å². The van der Waals surface area contributed by atoms with Gasteiger partial charge in [0.15, 0.2) is 5.96 Å². The molecular formula is C21H41IN6. The fourth-order valence-corrected chi connectivity index (χ4v) is 3.70. The van der Waals surface area contributed by atoms with E-state index in [0.29, 0.717) is 5.92 Å². The zero-order chi connectivity index (χ0) is 19.9. The SMILES string of the molecule is CCNC(=NCC(C)(C)N1CCCCC1)NCC(C)Cn1nc(C)cc1C.I. The Hall–Kier alpha value is -0.830. The van der Waals surface area contributed by atoms with Gasteiger partial charge in [-0.15, -0.1) is 24.0 Å². The Morgan fingerprint density at radius 1 is 1.21 bits per heavy atom. The Morgan fingerprint density at radius 2 is 1.89 bits per heavy atom. The molecule has 162 valence electrons. The molecule has 0 bridgehead atoms. The molecule has 28 heavy (non-hydrogen) atoms. The molecule has 1 aliphatic rings. The van der Waals surface area contributed by atoms with Gasteiger partial charge < -0.3 is 10.6 Å². The fraction of sp³-hybridized carbons (Fsp3) is 0.810. The second-order valence-electron chi connectivity index (χ2n) is 8.65. The summed E-state index contributed by atoms with van der Waals surface area (Å²) in [6.07, 6.45) is 4.00. The Balaban J connectivity index is 0.00000392. The summed E-state index contributed by atoms with van der Waals surface area (Å²) in [6.45, 7) is 19.1. The van der Waals surface area contributed by atoms with Crippen molar-refractivity contribution in [3.05, 3.63) is 17.5 Å². The molecule has 0 radical (unpaired) electrons. The molecule has 0 spiro atoms. The zero-order valence-corrected chi connectivity index (χ0v) is 21.0. The molecule has 1 unspecified atom stereocenters. The van der Waals surface area contributed by atoms with E-state index >= 15 is 0 Å². The molecule has 1 saturated heterocycles. The third kappa shape index (κ3) is 7.89. The van der Waals surface area contributed by atoms with Crippen LogP contribution in [0.3, 0.4) is 0 Å². The van der Waals surface area contributed by atoms with Gasteiger partial charge in [-0.1, -0.05) is 13.3 Å². The van der Waals surface area contributed by atoms with E-state index in [2.05, 4.69) is 66.0 Å². The lowest BCUT2D eigenvalue weighted by molar-refractivity contribution is 0.102. The lowest BCUT2D eigenvalue weighted by Crippen LogP contribution is -2.49. The quantitative estimate of drug-likeness (QED) is 0.323. The minimum atomic E-state index is 0. The van der Waals surface area contributed by atoms with Gasteiger partial charge in [0.25, 0.3) is 0 Å². The molecular weight excluding hydrogens is 463 g/mol. The van der Waals surface area contributed by atoms with Gasteiger partial charge in [0.1, 0.15) is 0 Å². The summed E-state index contributed by atoms with van der Waals surface area (Å²) in [5.41, 5.74) is 2.42. The molecule has 0 saturated carbocycles. The number of hydrogen-bond acceptors (Lipinski definition) is 3. The van der Waals surface area contributed by atoms with Crippen molar-refractivity contribution in [3.63, 3.8) is 0 Å². The van der Waals surface area contributed by atoms with Crippen molar-refractivity contribution in [2.75, 3.05) is 32.7 Å². The maximum atomic E-state index is 4.89. The molecule has 2 N–H and O–H groups in total. The predicted molar refractivity (Wildman–Crippen MR) is 130 cm³/mol. The summed E-state index contributed by atoms with van der Waals surface area (Å²) < 4.78 is 2.10. The first-order chi connectivity index (χ1) is 12.8. The molecule has 1 aromatic heterocycles. The van der Waals surface area contributed by atoms with Gasteiger partial charge in [0, 0.05) is 30.9 Å². The molecule has 7 heteroatoms. The number of hydrogen-bond donors (Lipinski definition) is 2. The monoisotopic (exact) mass is 504 g/mol. The highest BCUT2D eigenvalue weighted by molar-refractivity contribution is 14.0. The second-order valence-corrected chi connectivity index (χ2v) is 8.65. The first kappa shape index (κ1) is 25.2. The second kappa shape index (κ2) is 12.0. The Kier molecular flexibility index (Phi) is 10.8. The van der Waals surface area contributed by atoms with Gasteiger partial charge in [-0.25, -0.2) is 0 Å². The summed E-state index contributed by atoms with van der Waals surface area (Å²) in [6, 6.07) is 2.13. The lowest BCUT2D eigenvalue weighted by Gasteiger charge is -2.40. The zero-order valence-electron chi connectivity index (χ0n) is 18.7. The summed E-state index contributed by atoms with van der Waals surface area (Å²) in [5, 5.41) is 11.5. The van der Waals surface area contributed by atoms with Crippen molar-refractivity contribution in [1.82, 2.24) is 25.3 Å². The van der Waals surface area contributed by atoms with Crippen LogP contribution in [0.5, 0.6) is 0 Å². The van der Waals surface area contributed by atoms with E-state index in [1.165, 1.54) is 38.0 Å². The van der Waals surface area contributed by atoms with Crippen LogP contribution in [0.2, 0.25) is 0 Å². The summed E-state index contributed by atoms with van der Waals surface area (Å²) >= 11 is 0. The van der Waals surface area contributed by atoms with E-state index in [1.54, 1.807) is 0 Å². The average Bonchev–Trinajstić information content (AvgIpc) is 2.95. The van der Waals surface area contributed by atoms with Crippen LogP contribution in [0.4, 0.5) is 0 Å². The van der Waals surface area contributed by atoms with Gasteiger partial charge in [0.05, 0.1) is 12.2 Å². The minimum absolute atomic E-state index is 0. The molecule has 6 nitrogen and oxygen atoms in total. The van der Waals surface area contributed by atoms with Crippen LogP contribution in [0.1, 0.15) is 58.3 Å². The molecule has 1 fully saturated rings. The number of aliphatic imine (C=N–C) groups is 1. The highest BCUT2D eigenvalue weighted by Crippen LogP contribution is 2.20. The summed E-state index contributed by atoms with van der Waals surface area (Å²) in [7, 11) is 0. The number of halogens is 1. The smallest absolute Gasteiger partial charge is 0.191 e. The maximum Gasteiger partial charge on any atom is 0.191 e. The first-order valence-electron chi connectivity index (χ1n) is 10.6. The highest BCUT2D eigenvalue weighted by atomic mass is 127. The van der Waals surface area contributed by atoms with E-state index < -0.39 is 0 Å². The number of rotatable bonds is 8. The molecule has 2 heterocycles. The number of likely N-dealkylation sites (tertiary alicyclic amines) is 1. The highest BCUT2D eigenvalue weighted by Gasteiger charge is 2.27. The van der Waals surface area contributed by atoms with Crippen LogP contribution in [0.25, 0.3) is 0 Å². The molecule has 2 rings (SSSR count). The van der Waals surface area contributed by atoms with E-state index in [4.69, 9.17) is 4.99 Å². The molecule has 1 aromatic rings. The van der Waals surface area contributed by atoms with Crippen molar-refractivity contribution in [2.45, 2.75) is 72.9 Å². The molecule has 0 amide bonds. The van der Waals surface area contributed by atoms with E-state index in [9.17, 15) is 0 Å². The number of aryl methyl sites for hydroxylation is 2. The Labute approximate surface area is 189 Å². The van der Waals surface area contributed by atoms with Crippen LogP contribution >= 0.6 is 24.0 Å². The third-order valence-corrected chi connectivity index (χ3v) is 5.39. The first-order valence-corrected chi connectivity index (χ1v) is 10.6. The molecule has 1 atom stereocenters. The standard InChI is InChI=1S/C21H40N6.HI/c1-7-22-20(24-16-21(5,6)26-11-9-8-10-12-26)23-14-17(2)15-27-19(4)13-18(3)25-27;/h13,17H,7-12,14-16H2,1-6H3,(H2,22,23,24);1H. The lowest BCUT2D eigenvalue weighted by atomic mass is 9.99. The number of nitrogens with zero attached hydrogens (tertiary/aromatic N) is 4. The average molecular weight is 505 g/mol. The van der Waals surface area contributed by atoms with Gasteiger partial charge in [0.2, 0.25) is 0 Å². The molecule has 0 aliphatic carbocycles. The van der Waals surface area contributed by atoms with E-state index in [0.717, 1.165) is 37.8 Å². The van der Waals surface area contributed by atoms with E-state index in [1.807, 2.05) is 6.92 Å². The molecule has 1 aliphatic heterocycles.